The summed E-state index contributed by atoms with van der Waals surface area (Å²) in [6.45, 7) is 5.40. The quantitative estimate of drug-likeness (QED) is 0.491. The molecule has 1 aliphatic heterocycles. The summed E-state index contributed by atoms with van der Waals surface area (Å²) in [7, 11) is 0. The molecular weight excluding hydrogens is 387 g/mol. The third-order valence-electron chi connectivity index (χ3n) is 4.92. The van der Waals surface area contributed by atoms with E-state index in [1.165, 1.54) is 29.0 Å². The molecule has 9 heteroatoms. The Kier molecular flexibility index (Phi) is 3.40. The molecule has 0 saturated heterocycles. The maximum Gasteiger partial charge on any atom is 0.162 e. The van der Waals surface area contributed by atoms with E-state index < -0.39 is 23.0 Å². The lowest BCUT2D eigenvalue weighted by atomic mass is 9.96. The molecule has 0 bridgehead atoms. The molecule has 4 aromatic rings. The fraction of sp³-hybridized carbons (Fsp3) is 0.211. The third-order valence-corrected chi connectivity index (χ3v) is 5.69. The summed E-state index contributed by atoms with van der Waals surface area (Å²) in [6, 6.07) is 3.63. The van der Waals surface area contributed by atoms with Gasteiger partial charge in [0, 0.05) is 11.6 Å². The number of aromatic nitrogens is 4. The average molecular weight is 401 g/mol. The fourth-order valence-electron chi connectivity index (χ4n) is 3.72. The van der Waals surface area contributed by atoms with Crippen molar-refractivity contribution in [2.45, 2.75) is 26.3 Å². The molecule has 5 rings (SSSR count). The highest BCUT2D eigenvalue weighted by molar-refractivity contribution is 7.16. The van der Waals surface area contributed by atoms with Crippen LogP contribution < -0.4 is 5.32 Å². The maximum absolute atomic E-state index is 15.8. The van der Waals surface area contributed by atoms with Gasteiger partial charge in [0.25, 0.3) is 0 Å². The van der Waals surface area contributed by atoms with Crippen molar-refractivity contribution in [2.24, 2.45) is 0 Å². The molecule has 5 nitrogen and oxygen atoms in total. The van der Waals surface area contributed by atoms with E-state index in [2.05, 4.69) is 20.5 Å². The van der Waals surface area contributed by atoms with Crippen LogP contribution >= 0.6 is 11.3 Å². The molecule has 0 aliphatic carbocycles. The minimum atomic E-state index is -0.818. The largest absolute Gasteiger partial charge is 0.371 e. The van der Waals surface area contributed by atoms with E-state index in [0.717, 1.165) is 6.07 Å². The van der Waals surface area contributed by atoms with E-state index in [1.54, 1.807) is 11.5 Å². The van der Waals surface area contributed by atoms with Crippen LogP contribution in [-0.2, 0) is 5.54 Å². The van der Waals surface area contributed by atoms with E-state index in [1.807, 2.05) is 13.8 Å². The number of fused-ring (bicyclic) bond motifs is 4. The molecule has 0 atom stereocenters. The smallest absolute Gasteiger partial charge is 0.162 e. The second-order valence-electron chi connectivity index (χ2n) is 7.25. The van der Waals surface area contributed by atoms with Crippen LogP contribution in [0.25, 0.3) is 27.0 Å². The molecule has 0 saturated carbocycles. The number of rotatable bonds is 1. The van der Waals surface area contributed by atoms with Crippen LogP contribution in [-0.4, -0.2) is 19.7 Å². The standard InChI is InChI=1S/C19H14F3N5S/c1-8-25-26-18-19(2,3)24-12-6-11(21)14(15(22)17(12)27(8)18)10-4-9(20)5-13-16(10)23-7-28-13/h4-7,24H,1-3H3. The first-order valence-corrected chi connectivity index (χ1v) is 9.42. The van der Waals surface area contributed by atoms with Crippen molar-refractivity contribution in [2.75, 3.05) is 5.32 Å². The number of benzene rings is 2. The number of anilines is 1. The van der Waals surface area contributed by atoms with Crippen LogP contribution in [0.3, 0.4) is 0 Å². The molecular formula is C19H14F3N5S. The first kappa shape index (κ1) is 17.2. The summed E-state index contributed by atoms with van der Waals surface area (Å²) < 4.78 is 47.0. The Labute approximate surface area is 161 Å². The Bertz CT molecular complexity index is 1270. The Balaban J connectivity index is 1.87. The monoisotopic (exact) mass is 401 g/mol. The van der Waals surface area contributed by atoms with Gasteiger partial charge in [0.2, 0.25) is 0 Å². The van der Waals surface area contributed by atoms with Crippen molar-refractivity contribution in [3.8, 4) is 16.8 Å². The molecule has 2 aromatic carbocycles. The van der Waals surface area contributed by atoms with Gasteiger partial charge in [-0.3, -0.25) is 4.57 Å². The van der Waals surface area contributed by atoms with Gasteiger partial charge in [-0.2, -0.15) is 0 Å². The van der Waals surface area contributed by atoms with Crippen molar-refractivity contribution in [3.63, 3.8) is 0 Å². The number of aryl methyl sites for hydroxylation is 1. The highest BCUT2D eigenvalue weighted by atomic mass is 32.1. The minimum Gasteiger partial charge on any atom is -0.371 e. The third kappa shape index (κ3) is 2.22. The number of nitrogens with one attached hydrogen (secondary N) is 1. The molecule has 2 aromatic heterocycles. The zero-order valence-corrected chi connectivity index (χ0v) is 16.0. The Morgan fingerprint density at radius 1 is 1.11 bits per heavy atom. The molecule has 0 radical (unpaired) electrons. The van der Waals surface area contributed by atoms with Gasteiger partial charge >= 0.3 is 0 Å². The van der Waals surface area contributed by atoms with Gasteiger partial charge in [-0.25, -0.2) is 18.2 Å². The van der Waals surface area contributed by atoms with E-state index in [0.29, 0.717) is 21.9 Å². The SMILES string of the molecule is Cc1nnc2n1-c1c(cc(F)c(-c3cc(F)cc4scnc34)c1F)NC2(C)C. The minimum absolute atomic E-state index is 0.0751. The first-order chi connectivity index (χ1) is 13.3. The second-order valence-corrected chi connectivity index (χ2v) is 8.14. The molecule has 3 heterocycles. The van der Waals surface area contributed by atoms with Crippen molar-refractivity contribution >= 4 is 27.2 Å². The fourth-order valence-corrected chi connectivity index (χ4v) is 4.45. The lowest BCUT2D eigenvalue weighted by molar-refractivity contribution is 0.517. The van der Waals surface area contributed by atoms with Gasteiger partial charge in [-0.15, -0.1) is 21.5 Å². The van der Waals surface area contributed by atoms with Gasteiger partial charge in [0.1, 0.15) is 23.1 Å². The average Bonchev–Trinajstić information content (AvgIpc) is 3.21. The van der Waals surface area contributed by atoms with Crippen LogP contribution in [0.2, 0.25) is 0 Å². The maximum atomic E-state index is 15.8. The van der Waals surface area contributed by atoms with E-state index in [9.17, 15) is 4.39 Å². The van der Waals surface area contributed by atoms with Crippen LogP contribution in [0.5, 0.6) is 0 Å². The predicted molar refractivity (Wildman–Crippen MR) is 101 cm³/mol. The summed E-state index contributed by atoms with van der Waals surface area (Å²) in [6.07, 6.45) is 0. The van der Waals surface area contributed by atoms with E-state index in [4.69, 9.17) is 0 Å². The van der Waals surface area contributed by atoms with E-state index >= 15 is 8.78 Å². The predicted octanol–water partition coefficient (Wildman–Crippen LogP) is 4.93. The number of hydrogen-bond donors (Lipinski definition) is 1. The van der Waals surface area contributed by atoms with Gasteiger partial charge in [0.05, 0.1) is 32.5 Å². The number of thiazole rings is 1. The summed E-state index contributed by atoms with van der Waals surface area (Å²) in [5.41, 5.74) is 1.35. The summed E-state index contributed by atoms with van der Waals surface area (Å²) in [5.74, 6) is -1.22. The van der Waals surface area contributed by atoms with Crippen molar-refractivity contribution in [1.82, 2.24) is 19.7 Å². The number of hydrogen-bond acceptors (Lipinski definition) is 5. The summed E-state index contributed by atoms with van der Waals surface area (Å²) in [5, 5.41) is 11.3. The van der Waals surface area contributed by atoms with E-state index in [-0.39, 0.29) is 22.5 Å². The molecule has 0 amide bonds. The lowest BCUT2D eigenvalue weighted by Crippen LogP contribution is -2.36. The zero-order chi connectivity index (χ0) is 19.8. The highest BCUT2D eigenvalue weighted by Gasteiger charge is 2.37. The van der Waals surface area contributed by atoms with Crippen LogP contribution in [0.4, 0.5) is 18.9 Å². The Morgan fingerprint density at radius 2 is 1.89 bits per heavy atom. The van der Waals surface area contributed by atoms with Crippen molar-refractivity contribution in [3.05, 3.63) is 52.8 Å². The molecule has 1 N–H and O–H groups in total. The number of nitrogens with zero attached hydrogens (tertiary/aromatic N) is 4. The lowest BCUT2D eigenvalue weighted by Gasteiger charge is -2.34. The van der Waals surface area contributed by atoms with Gasteiger partial charge in [0.15, 0.2) is 11.6 Å². The van der Waals surface area contributed by atoms with Gasteiger partial charge in [-0.05, 0) is 32.9 Å². The van der Waals surface area contributed by atoms with Gasteiger partial charge in [-0.1, -0.05) is 0 Å². The van der Waals surface area contributed by atoms with Gasteiger partial charge < -0.3 is 5.32 Å². The first-order valence-electron chi connectivity index (χ1n) is 8.54. The Morgan fingerprint density at radius 3 is 2.68 bits per heavy atom. The zero-order valence-electron chi connectivity index (χ0n) is 15.1. The molecule has 0 fully saturated rings. The Hall–Kier alpha value is -2.94. The van der Waals surface area contributed by atoms with Crippen molar-refractivity contribution in [1.29, 1.82) is 0 Å². The normalized spacial score (nSPS) is 14.6. The van der Waals surface area contributed by atoms with Crippen LogP contribution in [0, 0.1) is 24.4 Å². The molecule has 28 heavy (non-hydrogen) atoms. The molecule has 0 unspecified atom stereocenters. The highest BCUT2D eigenvalue weighted by Crippen LogP contribution is 2.43. The molecule has 1 aliphatic rings. The summed E-state index contributed by atoms with van der Waals surface area (Å²) >= 11 is 1.21. The number of halogens is 3. The van der Waals surface area contributed by atoms with Crippen LogP contribution in [0.15, 0.2) is 23.7 Å². The molecule has 0 spiro atoms. The molecule has 142 valence electrons. The second kappa shape index (κ2) is 5.54. The van der Waals surface area contributed by atoms with Crippen molar-refractivity contribution < 1.29 is 13.2 Å². The summed E-state index contributed by atoms with van der Waals surface area (Å²) in [4.78, 5) is 4.18. The van der Waals surface area contributed by atoms with Crippen LogP contribution in [0.1, 0.15) is 25.5 Å². The topological polar surface area (TPSA) is 55.6 Å².